The molecule has 2 aromatic heterocycles. The summed E-state index contributed by atoms with van der Waals surface area (Å²) in [6.45, 7) is 1.92. The van der Waals surface area contributed by atoms with Crippen molar-refractivity contribution in [2.75, 3.05) is 0 Å². The van der Waals surface area contributed by atoms with Gasteiger partial charge in [-0.2, -0.15) is 0 Å². The molecule has 0 atom stereocenters. The Morgan fingerprint density at radius 2 is 2.17 bits per heavy atom. The summed E-state index contributed by atoms with van der Waals surface area (Å²) in [5, 5.41) is 0. The summed E-state index contributed by atoms with van der Waals surface area (Å²) >= 11 is 3.31. The van der Waals surface area contributed by atoms with Crippen LogP contribution in [0.4, 0.5) is 0 Å². The highest BCUT2D eigenvalue weighted by molar-refractivity contribution is 9.10. The molecule has 0 aliphatic heterocycles. The normalized spacial score (nSPS) is 10.5. The van der Waals surface area contributed by atoms with Gasteiger partial charge < -0.3 is 0 Å². The highest BCUT2D eigenvalue weighted by atomic mass is 79.9. The van der Waals surface area contributed by atoms with Gasteiger partial charge in [-0.15, -0.1) is 0 Å². The molecule has 4 heteroatoms. The van der Waals surface area contributed by atoms with Crippen molar-refractivity contribution in [3.8, 4) is 0 Å². The van der Waals surface area contributed by atoms with Crippen molar-refractivity contribution in [3.05, 3.63) is 28.8 Å². The Morgan fingerprint density at radius 3 is 3.00 bits per heavy atom. The number of aryl methyl sites for hydroxylation is 1. The number of aromatic nitrogens is 3. The van der Waals surface area contributed by atoms with Gasteiger partial charge in [-0.1, -0.05) is 0 Å². The maximum Gasteiger partial charge on any atom is 0.133 e. The van der Waals surface area contributed by atoms with E-state index in [0.29, 0.717) is 0 Å². The van der Waals surface area contributed by atoms with Crippen LogP contribution in [0.5, 0.6) is 0 Å². The zero-order chi connectivity index (χ0) is 8.55. The zero-order valence-corrected chi connectivity index (χ0v) is 8.04. The van der Waals surface area contributed by atoms with Crippen LogP contribution in [0.2, 0.25) is 0 Å². The second-order valence-electron chi connectivity index (χ2n) is 2.48. The van der Waals surface area contributed by atoms with Crippen LogP contribution in [0.1, 0.15) is 5.69 Å². The lowest BCUT2D eigenvalue weighted by Crippen LogP contribution is -1.88. The molecule has 12 heavy (non-hydrogen) atoms. The molecule has 0 N–H and O–H groups in total. The summed E-state index contributed by atoms with van der Waals surface area (Å²) in [5.41, 5.74) is 2.60. The van der Waals surface area contributed by atoms with E-state index >= 15 is 0 Å². The van der Waals surface area contributed by atoms with E-state index < -0.39 is 0 Å². The van der Waals surface area contributed by atoms with Gasteiger partial charge in [-0.05, 0) is 28.9 Å². The maximum atomic E-state index is 4.30. The minimum absolute atomic E-state index is 0.743. The van der Waals surface area contributed by atoms with Crippen LogP contribution in [-0.4, -0.2) is 15.0 Å². The first-order valence-corrected chi connectivity index (χ1v) is 4.30. The Morgan fingerprint density at radius 1 is 1.33 bits per heavy atom. The summed E-state index contributed by atoms with van der Waals surface area (Å²) in [4.78, 5) is 12.6. The van der Waals surface area contributed by atoms with Gasteiger partial charge in [0, 0.05) is 12.4 Å². The molecule has 2 rings (SSSR count). The van der Waals surface area contributed by atoms with Crippen molar-refractivity contribution in [3.63, 3.8) is 0 Å². The average Bonchev–Trinajstić information content (AvgIpc) is 2.04. The molecule has 3 nitrogen and oxygen atoms in total. The summed E-state index contributed by atoms with van der Waals surface area (Å²) < 4.78 is 0.743. The molecular weight excluding hydrogens is 218 g/mol. The lowest BCUT2D eigenvalue weighted by molar-refractivity contribution is 1.16. The first kappa shape index (κ1) is 7.61. The molecule has 2 aromatic rings. The van der Waals surface area contributed by atoms with E-state index in [1.165, 1.54) is 0 Å². The lowest BCUT2D eigenvalue weighted by atomic mass is 10.4. The second kappa shape index (κ2) is 2.79. The van der Waals surface area contributed by atoms with Crippen LogP contribution >= 0.6 is 15.9 Å². The van der Waals surface area contributed by atoms with Crippen LogP contribution in [0.15, 0.2) is 23.1 Å². The predicted octanol–water partition coefficient (Wildman–Crippen LogP) is 2.10. The van der Waals surface area contributed by atoms with Crippen LogP contribution < -0.4 is 0 Å². The van der Waals surface area contributed by atoms with Gasteiger partial charge >= 0.3 is 0 Å². The molecule has 0 bridgehead atoms. The third kappa shape index (κ3) is 1.18. The molecule has 0 saturated carbocycles. The standard InChI is InChI=1S/C8H6BrN3/c1-5-4-11-7-6(12-5)2-3-10-8(7)9/h2-4H,1H3. The van der Waals surface area contributed by atoms with Crippen molar-refractivity contribution in [1.82, 2.24) is 15.0 Å². The molecule has 60 valence electrons. The number of halogens is 1. The molecule has 0 aromatic carbocycles. The molecule has 0 radical (unpaired) electrons. The minimum Gasteiger partial charge on any atom is -0.250 e. The maximum absolute atomic E-state index is 4.30. The third-order valence-electron chi connectivity index (χ3n) is 1.54. The van der Waals surface area contributed by atoms with Crippen LogP contribution in [0, 0.1) is 6.92 Å². The number of nitrogens with zero attached hydrogens (tertiary/aromatic N) is 3. The number of hydrogen-bond donors (Lipinski definition) is 0. The Hall–Kier alpha value is -1.03. The quantitative estimate of drug-likeness (QED) is 0.643. The lowest BCUT2D eigenvalue weighted by Gasteiger charge is -1.97. The van der Waals surface area contributed by atoms with Crippen molar-refractivity contribution in [1.29, 1.82) is 0 Å². The molecule has 0 saturated heterocycles. The van der Waals surface area contributed by atoms with E-state index in [1.807, 2.05) is 13.0 Å². The smallest absolute Gasteiger partial charge is 0.133 e. The molecule has 0 aliphatic rings. The van der Waals surface area contributed by atoms with Crippen molar-refractivity contribution in [2.24, 2.45) is 0 Å². The van der Waals surface area contributed by atoms with Gasteiger partial charge in [0.25, 0.3) is 0 Å². The average molecular weight is 224 g/mol. The van der Waals surface area contributed by atoms with Crippen molar-refractivity contribution in [2.45, 2.75) is 6.92 Å². The van der Waals surface area contributed by atoms with E-state index in [1.54, 1.807) is 12.4 Å². The Bertz CT molecular complexity index is 428. The Labute approximate surface area is 78.0 Å². The summed E-state index contributed by atoms with van der Waals surface area (Å²) in [5.74, 6) is 0. The first-order chi connectivity index (χ1) is 5.77. The fourth-order valence-electron chi connectivity index (χ4n) is 1.01. The van der Waals surface area contributed by atoms with E-state index in [9.17, 15) is 0 Å². The number of hydrogen-bond acceptors (Lipinski definition) is 3. The van der Waals surface area contributed by atoms with Gasteiger partial charge in [-0.3, -0.25) is 0 Å². The van der Waals surface area contributed by atoms with E-state index in [2.05, 4.69) is 30.9 Å². The van der Waals surface area contributed by atoms with Crippen LogP contribution in [-0.2, 0) is 0 Å². The van der Waals surface area contributed by atoms with E-state index in [4.69, 9.17) is 0 Å². The second-order valence-corrected chi connectivity index (χ2v) is 3.23. The summed E-state index contributed by atoms with van der Waals surface area (Å²) in [7, 11) is 0. The Balaban J connectivity index is 2.86. The van der Waals surface area contributed by atoms with E-state index in [-0.39, 0.29) is 0 Å². The van der Waals surface area contributed by atoms with Crippen LogP contribution in [0.3, 0.4) is 0 Å². The topological polar surface area (TPSA) is 38.7 Å². The Kier molecular flexibility index (Phi) is 1.77. The third-order valence-corrected chi connectivity index (χ3v) is 2.12. The van der Waals surface area contributed by atoms with Gasteiger partial charge in [0.05, 0.1) is 11.2 Å². The fraction of sp³-hybridized carbons (Fsp3) is 0.125. The van der Waals surface area contributed by atoms with Crippen molar-refractivity contribution < 1.29 is 0 Å². The molecule has 0 unspecified atom stereocenters. The monoisotopic (exact) mass is 223 g/mol. The predicted molar refractivity (Wildman–Crippen MR) is 49.8 cm³/mol. The first-order valence-electron chi connectivity index (χ1n) is 3.51. The van der Waals surface area contributed by atoms with Gasteiger partial charge in [0.15, 0.2) is 0 Å². The molecule has 2 heterocycles. The number of pyridine rings is 1. The largest absolute Gasteiger partial charge is 0.250 e. The molecule has 0 amide bonds. The van der Waals surface area contributed by atoms with Gasteiger partial charge in [0.2, 0.25) is 0 Å². The SMILES string of the molecule is Cc1cnc2c(Br)nccc2n1. The molecule has 0 aliphatic carbocycles. The highest BCUT2D eigenvalue weighted by Crippen LogP contribution is 2.16. The molecule has 0 fully saturated rings. The minimum atomic E-state index is 0.743. The summed E-state index contributed by atoms with van der Waals surface area (Å²) in [6.07, 6.45) is 3.44. The van der Waals surface area contributed by atoms with Gasteiger partial charge in [0.1, 0.15) is 10.1 Å². The van der Waals surface area contributed by atoms with E-state index in [0.717, 1.165) is 21.3 Å². The summed E-state index contributed by atoms with van der Waals surface area (Å²) in [6, 6.07) is 1.85. The molecule has 0 spiro atoms. The van der Waals surface area contributed by atoms with Gasteiger partial charge in [-0.25, -0.2) is 15.0 Å². The highest BCUT2D eigenvalue weighted by Gasteiger charge is 2.00. The van der Waals surface area contributed by atoms with Crippen LogP contribution in [0.25, 0.3) is 11.0 Å². The van der Waals surface area contributed by atoms with Crippen molar-refractivity contribution >= 4 is 27.0 Å². The zero-order valence-electron chi connectivity index (χ0n) is 6.45. The fourth-order valence-corrected chi connectivity index (χ4v) is 1.43. The number of fused-ring (bicyclic) bond motifs is 1. The molecular formula is C8H6BrN3. The number of rotatable bonds is 0.